The molecule has 1 saturated heterocycles. The minimum Gasteiger partial charge on any atom is -0.478 e. The summed E-state index contributed by atoms with van der Waals surface area (Å²) in [4.78, 5) is 28.6. The van der Waals surface area contributed by atoms with Crippen molar-refractivity contribution in [2.75, 3.05) is 11.4 Å². The number of carboxylic acid groups (broad SMARTS) is 1. The number of aromatic nitrogens is 1. The number of aromatic carboxylic acids is 1. The van der Waals surface area contributed by atoms with Crippen LogP contribution in [0.2, 0.25) is 0 Å². The molecule has 0 aliphatic carbocycles. The quantitative estimate of drug-likeness (QED) is 0.752. The molecule has 1 aromatic heterocycles. The molecule has 0 saturated carbocycles. The smallest absolute Gasteiger partial charge is 0.335 e. The van der Waals surface area contributed by atoms with Gasteiger partial charge in [-0.1, -0.05) is 6.07 Å². The van der Waals surface area contributed by atoms with Crippen LogP contribution in [-0.4, -0.2) is 28.5 Å². The van der Waals surface area contributed by atoms with Crippen LogP contribution in [0.4, 0.5) is 5.69 Å². The Morgan fingerprint density at radius 3 is 2.78 bits per heavy atom. The third-order valence-corrected chi connectivity index (χ3v) is 3.89. The van der Waals surface area contributed by atoms with Gasteiger partial charge in [0.1, 0.15) is 5.52 Å². The molecule has 23 heavy (non-hydrogen) atoms. The summed E-state index contributed by atoms with van der Waals surface area (Å²) in [5.41, 5.74) is 2.80. The summed E-state index contributed by atoms with van der Waals surface area (Å²) in [5, 5.41) is 9.06. The van der Waals surface area contributed by atoms with Crippen LogP contribution in [-0.2, 0) is 4.79 Å². The lowest BCUT2D eigenvalue weighted by Crippen LogP contribution is -2.43. The van der Waals surface area contributed by atoms with E-state index in [0.717, 1.165) is 5.69 Å². The maximum Gasteiger partial charge on any atom is 0.335 e. The fraction of sp³-hybridized carbons (Fsp3) is 0.118. The highest BCUT2D eigenvalue weighted by Crippen LogP contribution is 2.29. The van der Waals surface area contributed by atoms with Crippen LogP contribution in [0.15, 0.2) is 46.9 Å². The highest BCUT2D eigenvalue weighted by Gasteiger charge is 2.25. The standard InChI is InChI=1S/C17H12N2O4/c20-15-6-7-19(15)12-4-5-13-14(9-12)23-16(18-13)10-2-1-3-11(8-10)17(21)22/h1-5,8-9H,6-7H2,(H,21,22). The van der Waals surface area contributed by atoms with Gasteiger partial charge in [-0.15, -0.1) is 0 Å². The Labute approximate surface area is 131 Å². The lowest BCUT2D eigenvalue weighted by atomic mass is 10.1. The van der Waals surface area contributed by atoms with E-state index in [0.29, 0.717) is 35.5 Å². The molecule has 2 aromatic carbocycles. The van der Waals surface area contributed by atoms with E-state index in [1.165, 1.54) is 12.1 Å². The summed E-state index contributed by atoms with van der Waals surface area (Å²) < 4.78 is 5.74. The molecular weight excluding hydrogens is 296 g/mol. The van der Waals surface area contributed by atoms with Crippen LogP contribution in [0.1, 0.15) is 16.8 Å². The number of carbonyl (C=O) groups excluding carboxylic acids is 1. The van der Waals surface area contributed by atoms with Gasteiger partial charge in [0.25, 0.3) is 0 Å². The van der Waals surface area contributed by atoms with Gasteiger partial charge in [0.2, 0.25) is 11.8 Å². The molecular formula is C17H12N2O4. The number of nitrogens with zero attached hydrogens (tertiary/aromatic N) is 2. The first-order chi connectivity index (χ1) is 11.1. The predicted octanol–water partition coefficient (Wildman–Crippen LogP) is 2.93. The third-order valence-electron chi connectivity index (χ3n) is 3.89. The van der Waals surface area contributed by atoms with Gasteiger partial charge in [0.15, 0.2) is 5.58 Å². The van der Waals surface area contributed by atoms with Crippen molar-refractivity contribution in [1.29, 1.82) is 0 Å². The fourth-order valence-electron chi connectivity index (χ4n) is 2.58. The van der Waals surface area contributed by atoms with Crippen LogP contribution in [0.5, 0.6) is 0 Å². The van der Waals surface area contributed by atoms with E-state index >= 15 is 0 Å². The van der Waals surface area contributed by atoms with Gasteiger partial charge in [0.05, 0.1) is 5.56 Å². The second-order valence-electron chi connectivity index (χ2n) is 5.35. The van der Waals surface area contributed by atoms with E-state index < -0.39 is 5.97 Å². The van der Waals surface area contributed by atoms with Crippen LogP contribution >= 0.6 is 0 Å². The van der Waals surface area contributed by atoms with E-state index in [1.54, 1.807) is 29.2 Å². The molecule has 6 nitrogen and oxygen atoms in total. The number of β-lactam (4-membered cyclic amide) rings is 1. The van der Waals surface area contributed by atoms with Crippen molar-refractivity contribution in [2.45, 2.75) is 6.42 Å². The van der Waals surface area contributed by atoms with E-state index in [9.17, 15) is 9.59 Å². The molecule has 3 aromatic rings. The number of hydrogen-bond acceptors (Lipinski definition) is 4. The number of benzene rings is 2. The van der Waals surface area contributed by atoms with E-state index in [4.69, 9.17) is 9.52 Å². The Kier molecular flexibility index (Phi) is 2.90. The van der Waals surface area contributed by atoms with Crippen molar-refractivity contribution < 1.29 is 19.1 Å². The number of hydrogen-bond donors (Lipinski definition) is 1. The van der Waals surface area contributed by atoms with Gasteiger partial charge in [0, 0.05) is 30.3 Å². The zero-order chi connectivity index (χ0) is 16.0. The molecule has 0 radical (unpaired) electrons. The van der Waals surface area contributed by atoms with Gasteiger partial charge in [-0.2, -0.15) is 0 Å². The number of oxazole rings is 1. The average Bonchev–Trinajstić information content (AvgIpc) is 2.97. The van der Waals surface area contributed by atoms with Crippen LogP contribution < -0.4 is 4.90 Å². The largest absolute Gasteiger partial charge is 0.478 e. The van der Waals surface area contributed by atoms with Crippen molar-refractivity contribution >= 4 is 28.7 Å². The average molecular weight is 308 g/mol. The third kappa shape index (κ3) is 2.24. The molecule has 6 heteroatoms. The van der Waals surface area contributed by atoms with Gasteiger partial charge in [-0.3, -0.25) is 4.79 Å². The summed E-state index contributed by atoms with van der Waals surface area (Å²) in [6.45, 7) is 0.714. The normalized spacial score (nSPS) is 14.1. The molecule has 0 bridgehead atoms. The molecule has 0 unspecified atom stereocenters. The van der Waals surface area contributed by atoms with Gasteiger partial charge in [-0.05, 0) is 30.3 Å². The number of anilines is 1. The van der Waals surface area contributed by atoms with Crippen molar-refractivity contribution in [2.24, 2.45) is 0 Å². The summed E-state index contributed by atoms with van der Waals surface area (Å²) >= 11 is 0. The Morgan fingerprint density at radius 1 is 1.22 bits per heavy atom. The predicted molar refractivity (Wildman–Crippen MR) is 83.4 cm³/mol. The molecule has 1 fully saturated rings. The van der Waals surface area contributed by atoms with Crippen molar-refractivity contribution in [3.05, 3.63) is 48.0 Å². The molecule has 114 valence electrons. The van der Waals surface area contributed by atoms with Gasteiger partial charge >= 0.3 is 5.97 Å². The molecule has 1 amide bonds. The molecule has 4 rings (SSSR count). The highest BCUT2D eigenvalue weighted by molar-refractivity contribution is 6.00. The molecule has 1 aliphatic rings. The topological polar surface area (TPSA) is 83.6 Å². The Bertz CT molecular complexity index is 945. The van der Waals surface area contributed by atoms with Crippen LogP contribution in [0.25, 0.3) is 22.6 Å². The van der Waals surface area contributed by atoms with Crippen molar-refractivity contribution in [3.63, 3.8) is 0 Å². The van der Waals surface area contributed by atoms with E-state index in [-0.39, 0.29) is 11.5 Å². The summed E-state index contributed by atoms with van der Waals surface area (Å²) in [6, 6.07) is 11.8. The van der Waals surface area contributed by atoms with Gasteiger partial charge in [-0.25, -0.2) is 9.78 Å². The Hall–Kier alpha value is -3.15. The first-order valence-corrected chi connectivity index (χ1v) is 7.16. The molecule has 0 spiro atoms. The van der Waals surface area contributed by atoms with Crippen LogP contribution in [0.3, 0.4) is 0 Å². The molecule has 1 aliphatic heterocycles. The fourth-order valence-corrected chi connectivity index (χ4v) is 2.58. The molecule has 1 N–H and O–H groups in total. The summed E-state index contributed by atoms with van der Waals surface area (Å²) in [6.07, 6.45) is 0.571. The number of fused-ring (bicyclic) bond motifs is 1. The van der Waals surface area contributed by atoms with Crippen molar-refractivity contribution in [3.8, 4) is 11.5 Å². The van der Waals surface area contributed by atoms with E-state index in [1.807, 2.05) is 6.07 Å². The molecule has 2 heterocycles. The summed E-state index contributed by atoms with van der Waals surface area (Å²) in [7, 11) is 0. The number of carbonyl (C=O) groups is 2. The van der Waals surface area contributed by atoms with Crippen LogP contribution in [0, 0.1) is 0 Å². The highest BCUT2D eigenvalue weighted by atomic mass is 16.4. The summed E-state index contributed by atoms with van der Waals surface area (Å²) in [5.74, 6) is -0.546. The molecule has 0 atom stereocenters. The zero-order valence-corrected chi connectivity index (χ0v) is 12.0. The number of rotatable bonds is 3. The second-order valence-corrected chi connectivity index (χ2v) is 5.35. The maximum absolute atomic E-state index is 11.5. The SMILES string of the molecule is O=C(O)c1cccc(-c2nc3ccc(N4CCC4=O)cc3o2)c1. The first-order valence-electron chi connectivity index (χ1n) is 7.16. The van der Waals surface area contributed by atoms with Crippen molar-refractivity contribution in [1.82, 2.24) is 4.98 Å². The lowest BCUT2D eigenvalue weighted by Gasteiger charge is -2.30. The second kappa shape index (κ2) is 4.95. The Balaban J connectivity index is 1.75. The van der Waals surface area contributed by atoms with E-state index in [2.05, 4.69) is 4.98 Å². The number of amides is 1. The lowest BCUT2D eigenvalue weighted by molar-refractivity contribution is -0.122. The monoisotopic (exact) mass is 308 g/mol. The number of carboxylic acids is 1. The minimum atomic E-state index is -0.999. The minimum absolute atomic E-state index is 0.0956. The maximum atomic E-state index is 11.5. The zero-order valence-electron chi connectivity index (χ0n) is 12.0. The van der Waals surface area contributed by atoms with Gasteiger partial charge < -0.3 is 14.4 Å². The Morgan fingerprint density at radius 2 is 2.09 bits per heavy atom. The first kappa shape index (κ1) is 13.5.